The highest BCUT2D eigenvalue weighted by Gasteiger charge is 2.23. The molecule has 0 aliphatic heterocycles. The number of nitrogens with one attached hydrogen (secondary N) is 1. The van der Waals surface area contributed by atoms with Crippen LogP contribution in [0.5, 0.6) is 0 Å². The van der Waals surface area contributed by atoms with Gasteiger partial charge in [0, 0.05) is 17.8 Å². The lowest BCUT2D eigenvalue weighted by molar-refractivity contribution is -0.116. The Hall–Kier alpha value is -1.96. The van der Waals surface area contributed by atoms with Gasteiger partial charge in [0.05, 0.1) is 11.4 Å². The number of amides is 1. The molecule has 0 aliphatic carbocycles. The van der Waals surface area contributed by atoms with Crippen molar-refractivity contribution in [1.29, 1.82) is 0 Å². The minimum atomic E-state index is -3.87. The van der Waals surface area contributed by atoms with Crippen molar-refractivity contribution in [1.82, 2.24) is 4.31 Å². The molecule has 0 aliphatic rings. The number of nitrogens with zero attached hydrogens (tertiary/aromatic N) is 1. The fourth-order valence-electron chi connectivity index (χ4n) is 1.84. The normalized spacial score (nSPS) is 11.5. The molecule has 0 heterocycles. The third-order valence-electron chi connectivity index (χ3n) is 3.00. The van der Waals surface area contributed by atoms with E-state index >= 15 is 0 Å². The van der Waals surface area contributed by atoms with Crippen LogP contribution in [0.2, 0.25) is 5.02 Å². The van der Waals surface area contributed by atoms with E-state index in [2.05, 4.69) is 5.32 Å². The molecule has 122 valence electrons. The van der Waals surface area contributed by atoms with Crippen LogP contribution in [0.3, 0.4) is 0 Å². The van der Waals surface area contributed by atoms with Crippen molar-refractivity contribution >= 4 is 33.2 Å². The number of carbonyl (C=O) groups excluding carboxylic acids is 1. The van der Waals surface area contributed by atoms with Gasteiger partial charge in [-0.1, -0.05) is 17.7 Å². The van der Waals surface area contributed by atoms with Crippen LogP contribution in [0, 0.1) is 5.82 Å². The summed E-state index contributed by atoms with van der Waals surface area (Å²) in [6.45, 7) is -0.383. The van der Waals surface area contributed by atoms with Crippen molar-refractivity contribution in [2.24, 2.45) is 0 Å². The molecule has 0 fully saturated rings. The lowest BCUT2D eigenvalue weighted by Gasteiger charge is -2.17. The number of anilines is 1. The standard InChI is InChI=1S/C15H14ClFN2O3S/c1-19(23(21,22)14-7-5-12(17)6-8-14)10-15(20)18-13-4-2-3-11(16)9-13/h2-9H,10H2,1H3,(H,18,20). The third kappa shape index (κ3) is 4.51. The average Bonchev–Trinajstić information content (AvgIpc) is 2.47. The second-order valence-corrected chi connectivity index (χ2v) is 7.25. The van der Waals surface area contributed by atoms with Crippen LogP contribution in [0.1, 0.15) is 0 Å². The molecule has 0 saturated carbocycles. The second-order valence-electron chi connectivity index (χ2n) is 4.77. The zero-order valence-electron chi connectivity index (χ0n) is 12.2. The summed E-state index contributed by atoms with van der Waals surface area (Å²) in [6, 6.07) is 10.9. The van der Waals surface area contributed by atoms with Crippen molar-refractivity contribution in [3.63, 3.8) is 0 Å². The van der Waals surface area contributed by atoms with E-state index in [9.17, 15) is 17.6 Å². The van der Waals surface area contributed by atoms with Gasteiger partial charge >= 0.3 is 0 Å². The Morgan fingerprint density at radius 2 is 1.87 bits per heavy atom. The summed E-state index contributed by atoms with van der Waals surface area (Å²) in [5.41, 5.74) is 0.468. The van der Waals surface area contributed by atoms with E-state index in [1.165, 1.54) is 7.05 Å². The lowest BCUT2D eigenvalue weighted by Crippen LogP contribution is -2.34. The van der Waals surface area contributed by atoms with Gasteiger partial charge in [-0.25, -0.2) is 12.8 Å². The van der Waals surface area contributed by atoms with Gasteiger partial charge in [0.1, 0.15) is 5.82 Å². The predicted molar refractivity (Wildman–Crippen MR) is 86.3 cm³/mol. The monoisotopic (exact) mass is 356 g/mol. The van der Waals surface area contributed by atoms with Gasteiger partial charge < -0.3 is 5.32 Å². The van der Waals surface area contributed by atoms with Crippen molar-refractivity contribution in [3.05, 3.63) is 59.4 Å². The molecule has 0 saturated heterocycles. The van der Waals surface area contributed by atoms with E-state index in [-0.39, 0.29) is 11.4 Å². The quantitative estimate of drug-likeness (QED) is 0.895. The van der Waals surface area contributed by atoms with Gasteiger partial charge in [-0.3, -0.25) is 4.79 Å². The van der Waals surface area contributed by atoms with E-state index in [4.69, 9.17) is 11.6 Å². The number of hydrogen-bond donors (Lipinski definition) is 1. The van der Waals surface area contributed by atoms with Gasteiger partial charge in [0.15, 0.2) is 0 Å². The lowest BCUT2D eigenvalue weighted by atomic mass is 10.3. The molecule has 5 nitrogen and oxygen atoms in total. The molecular formula is C15H14ClFN2O3S. The number of rotatable bonds is 5. The van der Waals surface area contributed by atoms with Gasteiger partial charge in [0.25, 0.3) is 0 Å². The number of benzene rings is 2. The summed E-state index contributed by atoms with van der Waals surface area (Å²) < 4.78 is 38.3. The summed E-state index contributed by atoms with van der Waals surface area (Å²) in [5.74, 6) is -1.05. The van der Waals surface area contributed by atoms with E-state index in [0.717, 1.165) is 28.6 Å². The number of halogens is 2. The first-order chi connectivity index (χ1) is 10.8. The molecule has 0 atom stereocenters. The zero-order chi connectivity index (χ0) is 17.0. The number of sulfonamides is 1. The molecule has 0 unspecified atom stereocenters. The second kappa shape index (κ2) is 7.08. The molecule has 23 heavy (non-hydrogen) atoms. The Morgan fingerprint density at radius 1 is 1.22 bits per heavy atom. The predicted octanol–water partition coefficient (Wildman–Crippen LogP) is 2.74. The van der Waals surface area contributed by atoms with Crippen LogP contribution in [0.15, 0.2) is 53.4 Å². The molecule has 2 aromatic rings. The number of carbonyl (C=O) groups is 1. The maximum atomic E-state index is 12.9. The van der Waals surface area contributed by atoms with Crippen LogP contribution < -0.4 is 5.32 Å². The smallest absolute Gasteiger partial charge is 0.243 e. The fraction of sp³-hybridized carbons (Fsp3) is 0.133. The van der Waals surface area contributed by atoms with Crippen LogP contribution in [-0.4, -0.2) is 32.2 Å². The first-order valence-corrected chi connectivity index (χ1v) is 8.38. The highest BCUT2D eigenvalue weighted by atomic mass is 35.5. The molecule has 1 N–H and O–H groups in total. The van der Waals surface area contributed by atoms with Crippen molar-refractivity contribution in [2.75, 3.05) is 18.9 Å². The van der Waals surface area contributed by atoms with E-state index in [1.807, 2.05) is 0 Å². The minimum absolute atomic E-state index is 0.0862. The first kappa shape index (κ1) is 17.4. The molecule has 2 rings (SSSR count). The summed E-state index contributed by atoms with van der Waals surface area (Å²) in [6.07, 6.45) is 0. The molecule has 8 heteroatoms. The minimum Gasteiger partial charge on any atom is -0.325 e. The van der Waals surface area contributed by atoms with Gasteiger partial charge in [0.2, 0.25) is 15.9 Å². The molecule has 0 bridgehead atoms. The molecule has 2 aromatic carbocycles. The molecular weight excluding hydrogens is 343 g/mol. The highest BCUT2D eigenvalue weighted by molar-refractivity contribution is 7.89. The van der Waals surface area contributed by atoms with Gasteiger partial charge in [-0.05, 0) is 42.5 Å². The third-order valence-corrected chi connectivity index (χ3v) is 5.05. The van der Waals surface area contributed by atoms with Crippen molar-refractivity contribution in [2.45, 2.75) is 4.90 Å². The maximum absolute atomic E-state index is 12.9. The van der Waals surface area contributed by atoms with Crippen LogP contribution in [-0.2, 0) is 14.8 Å². The average molecular weight is 357 g/mol. The summed E-state index contributed by atoms with van der Waals surface area (Å²) in [4.78, 5) is 11.9. The Morgan fingerprint density at radius 3 is 2.48 bits per heavy atom. The van der Waals surface area contributed by atoms with Crippen LogP contribution in [0.4, 0.5) is 10.1 Å². The molecule has 0 aromatic heterocycles. The number of hydrogen-bond acceptors (Lipinski definition) is 3. The molecule has 1 amide bonds. The van der Waals surface area contributed by atoms with E-state index in [1.54, 1.807) is 24.3 Å². The van der Waals surface area contributed by atoms with Crippen LogP contribution in [0.25, 0.3) is 0 Å². The molecule has 0 radical (unpaired) electrons. The summed E-state index contributed by atoms with van der Waals surface area (Å²) in [5, 5.41) is 3.01. The Labute approximate surface area is 138 Å². The van der Waals surface area contributed by atoms with Gasteiger partial charge in [-0.2, -0.15) is 4.31 Å². The highest BCUT2D eigenvalue weighted by Crippen LogP contribution is 2.16. The molecule has 0 spiro atoms. The summed E-state index contributed by atoms with van der Waals surface area (Å²) in [7, 11) is -2.60. The number of likely N-dealkylation sites (N-methyl/N-ethyl adjacent to an activating group) is 1. The van der Waals surface area contributed by atoms with E-state index < -0.39 is 21.7 Å². The first-order valence-electron chi connectivity index (χ1n) is 6.56. The van der Waals surface area contributed by atoms with E-state index in [0.29, 0.717) is 10.7 Å². The fourth-order valence-corrected chi connectivity index (χ4v) is 3.16. The van der Waals surface area contributed by atoms with Crippen molar-refractivity contribution in [3.8, 4) is 0 Å². The SMILES string of the molecule is CN(CC(=O)Nc1cccc(Cl)c1)S(=O)(=O)c1ccc(F)cc1. The Bertz CT molecular complexity index is 810. The van der Waals surface area contributed by atoms with Gasteiger partial charge in [-0.15, -0.1) is 0 Å². The zero-order valence-corrected chi connectivity index (χ0v) is 13.7. The van der Waals surface area contributed by atoms with Crippen molar-refractivity contribution < 1.29 is 17.6 Å². The Balaban J connectivity index is 2.06. The van der Waals surface area contributed by atoms with Crippen LogP contribution >= 0.6 is 11.6 Å². The largest absolute Gasteiger partial charge is 0.325 e. The Kier molecular flexibility index (Phi) is 5.35. The maximum Gasteiger partial charge on any atom is 0.243 e. The topological polar surface area (TPSA) is 66.5 Å². The summed E-state index contributed by atoms with van der Waals surface area (Å²) >= 11 is 5.81.